The number of fused-ring (bicyclic) bond motifs is 1. The van der Waals surface area contributed by atoms with E-state index in [0.717, 1.165) is 18.4 Å². The van der Waals surface area contributed by atoms with Crippen LogP contribution in [-0.2, 0) is 6.42 Å². The molecule has 0 bridgehead atoms. The fraction of sp³-hybridized carbons (Fsp3) is 0.647. The van der Waals surface area contributed by atoms with Crippen molar-refractivity contribution in [2.45, 2.75) is 58.4 Å². The van der Waals surface area contributed by atoms with Crippen LogP contribution in [0, 0.1) is 5.92 Å². The molecule has 3 atom stereocenters. The van der Waals surface area contributed by atoms with Crippen LogP contribution in [0.1, 0.15) is 57.1 Å². The Morgan fingerprint density at radius 2 is 2.06 bits per heavy atom. The van der Waals surface area contributed by atoms with Crippen molar-refractivity contribution in [3.63, 3.8) is 0 Å². The van der Waals surface area contributed by atoms with E-state index in [4.69, 9.17) is 0 Å². The van der Waals surface area contributed by atoms with Gasteiger partial charge in [0.2, 0.25) is 0 Å². The highest BCUT2D eigenvalue weighted by Gasteiger charge is 2.20. The largest absolute Gasteiger partial charge is 0.313 e. The van der Waals surface area contributed by atoms with E-state index in [1.807, 2.05) is 0 Å². The summed E-state index contributed by atoms with van der Waals surface area (Å²) in [6, 6.07) is 9.63. The third-order valence-corrected chi connectivity index (χ3v) is 4.68. The highest BCUT2D eigenvalue weighted by atomic mass is 14.9. The Kier molecular flexibility index (Phi) is 4.82. The van der Waals surface area contributed by atoms with Crippen LogP contribution in [0.4, 0.5) is 0 Å². The summed E-state index contributed by atoms with van der Waals surface area (Å²) in [7, 11) is 0. The van der Waals surface area contributed by atoms with Gasteiger partial charge in [0, 0.05) is 12.6 Å². The first kappa shape index (κ1) is 13.6. The SMILES string of the molecule is CCC(C)C(C)NCC1CCCc2ccccc21. The molecule has 0 spiro atoms. The minimum Gasteiger partial charge on any atom is -0.313 e. The minimum atomic E-state index is 0.629. The zero-order chi connectivity index (χ0) is 13.0. The first-order valence-electron chi connectivity index (χ1n) is 7.53. The maximum Gasteiger partial charge on any atom is 0.00645 e. The van der Waals surface area contributed by atoms with Crippen LogP contribution in [0.5, 0.6) is 0 Å². The Balaban J connectivity index is 1.95. The molecule has 0 saturated carbocycles. The second-order valence-corrected chi connectivity index (χ2v) is 5.87. The van der Waals surface area contributed by atoms with Crippen LogP contribution in [0.2, 0.25) is 0 Å². The van der Waals surface area contributed by atoms with Crippen LogP contribution in [0.25, 0.3) is 0 Å². The number of benzene rings is 1. The molecule has 0 aliphatic heterocycles. The summed E-state index contributed by atoms with van der Waals surface area (Å²) in [5.41, 5.74) is 3.17. The van der Waals surface area contributed by atoms with Crippen molar-refractivity contribution in [2.75, 3.05) is 6.54 Å². The second-order valence-electron chi connectivity index (χ2n) is 5.87. The molecular formula is C17H27N. The molecule has 2 rings (SSSR count). The highest BCUT2D eigenvalue weighted by molar-refractivity contribution is 5.32. The molecule has 1 aliphatic rings. The summed E-state index contributed by atoms with van der Waals surface area (Å²) in [6.45, 7) is 8.08. The van der Waals surface area contributed by atoms with Crippen LogP contribution in [-0.4, -0.2) is 12.6 Å². The molecule has 0 heterocycles. The average molecular weight is 245 g/mol. The summed E-state index contributed by atoms with van der Waals surface area (Å²) in [4.78, 5) is 0. The summed E-state index contributed by atoms with van der Waals surface area (Å²) in [5, 5.41) is 3.74. The molecule has 1 aromatic carbocycles. The lowest BCUT2D eigenvalue weighted by atomic mass is 9.82. The number of nitrogens with one attached hydrogen (secondary N) is 1. The van der Waals surface area contributed by atoms with Gasteiger partial charge in [-0.2, -0.15) is 0 Å². The van der Waals surface area contributed by atoms with Gasteiger partial charge in [0.1, 0.15) is 0 Å². The van der Waals surface area contributed by atoms with Crippen molar-refractivity contribution < 1.29 is 0 Å². The van der Waals surface area contributed by atoms with Gasteiger partial charge in [-0.05, 0) is 49.1 Å². The van der Waals surface area contributed by atoms with Crippen molar-refractivity contribution in [3.8, 4) is 0 Å². The molecule has 1 aromatic rings. The van der Waals surface area contributed by atoms with E-state index in [1.54, 1.807) is 11.1 Å². The molecule has 0 aromatic heterocycles. The van der Waals surface area contributed by atoms with Gasteiger partial charge < -0.3 is 5.32 Å². The Hall–Kier alpha value is -0.820. The van der Waals surface area contributed by atoms with Crippen LogP contribution in [0.15, 0.2) is 24.3 Å². The van der Waals surface area contributed by atoms with Gasteiger partial charge in [0.05, 0.1) is 0 Å². The van der Waals surface area contributed by atoms with Gasteiger partial charge in [-0.15, -0.1) is 0 Å². The van der Waals surface area contributed by atoms with E-state index < -0.39 is 0 Å². The molecule has 1 N–H and O–H groups in total. The lowest BCUT2D eigenvalue weighted by Crippen LogP contribution is -2.35. The van der Waals surface area contributed by atoms with E-state index >= 15 is 0 Å². The van der Waals surface area contributed by atoms with Gasteiger partial charge in [0.25, 0.3) is 0 Å². The van der Waals surface area contributed by atoms with Gasteiger partial charge >= 0.3 is 0 Å². The first-order valence-corrected chi connectivity index (χ1v) is 7.53. The molecule has 3 unspecified atom stereocenters. The predicted octanol–water partition coefficient (Wildman–Crippen LogP) is 4.13. The molecule has 0 saturated heterocycles. The first-order chi connectivity index (χ1) is 8.72. The fourth-order valence-electron chi connectivity index (χ4n) is 2.95. The Labute approximate surface area is 112 Å². The average Bonchev–Trinajstić information content (AvgIpc) is 2.43. The molecule has 0 amide bonds. The maximum atomic E-state index is 3.74. The summed E-state index contributed by atoms with van der Waals surface area (Å²) in [5.74, 6) is 1.49. The van der Waals surface area contributed by atoms with Crippen LogP contribution in [0.3, 0.4) is 0 Å². The molecule has 0 fully saturated rings. The normalized spacial score (nSPS) is 22.3. The molecule has 18 heavy (non-hydrogen) atoms. The quantitative estimate of drug-likeness (QED) is 0.822. The molecule has 0 radical (unpaired) electrons. The molecular weight excluding hydrogens is 218 g/mol. The third kappa shape index (κ3) is 3.14. The smallest absolute Gasteiger partial charge is 0.00645 e. The summed E-state index contributed by atoms with van der Waals surface area (Å²) < 4.78 is 0. The van der Waals surface area contributed by atoms with Crippen molar-refractivity contribution >= 4 is 0 Å². The standard InChI is InChI=1S/C17H27N/c1-4-13(2)14(3)18-12-16-10-7-9-15-8-5-6-11-17(15)16/h5-6,8,11,13-14,16,18H,4,7,9-10,12H2,1-3H3. The number of hydrogen-bond donors (Lipinski definition) is 1. The van der Waals surface area contributed by atoms with Gasteiger partial charge in [-0.25, -0.2) is 0 Å². The Morgan fingerprint density at radius 3 is 2.83 bits per heavy atom. The minimum absolute atomic E-state index is 0.629. The summed E-state index contributed by atoms with van der Waals surface area (Å²) in [6.07, 6.45) is 5.22. The Morgan fingerprint density at radius 1 is 1.28 bits per heavy atom. The zero-order valence-electron chi connectivity index (χ0n) is 12.1. The van der Waals surface area contributed by atoms with E-state index in [0.29, 0.717) is 6.04 Å². The van der Waals surface area contributed by atoms with Gasteiger partial charge in [0.15, 0.2) is 0 Å². The number of aryl methyl sites for hydroxylation is 1. The van der Waals surface area contributed by atoms with Crippen LogP contribution >= 0.6 is 0 Å². The highest BCUT2D eigenvalue weighted by Crippen LogP contribution is 2.31. The van der Waals surface area contributed by atoms with Crippen molar-refractivity contribution in [2.24, 2.45) is 5.92 Å². The van der Waals surface area contributed by atoms with E-state index in [-0.39, 0.29) is 0 Å². The third-order valence-electron chi connectivity index (χ3n) is 4.68. The molecule has 100 valence electrons. The molecule has 1 nitrogen and oxygen atoms in total. The maximum absolute atomic E-state index is 3.74. The molecule has 1 aliphatic carbocycles. The zero-order valence-corrected chi connectivity index (χ0v) is 12.1. The monoisotopic (exact) mass is 245 g/mol. The topological polar surface area (TPSA) is 12.0 Å². The molecule has 1 heteroatoms. The lowest BCUT2D eigenvalue weighted by molar-refractivity contribution is 0.371. The summed E-state index contributed by atoms with van der Waals surface area (Å²) >= 11 is 0. The Bertz CT molecular complexity index is 372. The predicted molar refractivity (Wildman–Crippen MR) is 79.0 cm³/mol. The number of rotatable bonds is 5. The van der Waals surface area contributed by atoms with Crippen molar-refractivity contribution in [3.05, 3.63) is 35.4 Å². The lowest BCUT2D eigenvalue weighted by Gasteiger charge is -2.28. The van der Waals surface area contributed by atoms with Crippen LogP contribution < -0.4 is 5.32 Å². The number of hydrogen-bond acceptors (Lipinski definition) is 1. The van der Waals surface area contributed by atoms with Crippen molar-refractivity contribution in [1.29, 1.82) is 0 Å². The van der Waals surface area contributed by atoms with E-state index in [9.17, 15) is 0 Å². The second kappa shape index (κ2) is 6.38. The van der Waals surface area contributed by atoms with Gasteiger partial charge in [-0.1, -0.05) is 44.5 Å². The fourth-order valence-corrected chi connectivity index (χ4v) is 2.95. The van der Waals surface area contributed by atoms with E-state index in [2.05, 4.69) is 50.4 Å². The van der Waals surface area contributed by atoms with E-state index in [1.165, 1.54) is 25.7 Å². The van der Waals surface area contributed by atoms with Gasteiger partial charge in [-0.3, -0.25) is 0 Å². The van der Waals surface area contributed by atoms with Crippen molar-refractivity contribution in [1.82, 2.24) is 5.32 Å².